The Hall–Kier alpha value is -3.62. The van der Waals surface area contributed by atoms with Crippen LogP contribution in [0.4, 0.5) is 5.69 Å². The van der Waals surface area contributed by atoms with Crippen molar-refractivity contribution in [3.8, 4) is 11.9 Å². The van der Waals surface area contributed by atoms with Crippen LogP contribution < -0.4 is 15.4 Å². The van der Waals surface area contributed by atoms with E-state index in [1.807, 2.05) is 24.3 Å². The highest BCUT2D eigenvalue weighted by molar-refractivity contribution is 7.89. The van der Waals surface area contributed by atoms with E-state index in [4.69, 9.17) is 16.3 Å². The molecule has 0 spiro atoms. The summed E-state index contributed by atoms with van der Waals surface area (Å²) in [5.74, 6) is 0.502. The third kappa shape index (κ3) is 5.44. The van der Waals surface area contributed by atoms with Crippen LogP contribution in [0.25, 0.3) is 0 Å². The first kappa shape index (κ1) is 27.0. The molecule has 0 aromatic heterocycles. The van der Waals surface area contributed by atoms with Crippen molar-refractivity contribution in [2.24, 2.45) is 4.99 Å². The van der Waals surface area contributed by atoms with E-state index in [1.54, 1.807) is 50.4 Å². The van der Waals surface area contributed by atoms with Gasteiger partial charge in [-0.05, 0) is 73.9 Å². The maximum Gasteiger partial charge on any atom is 0.243 e. The van der Waals surface area contributed by atoms with Crippen molar-refractivity contribution in [2.45, 2.75) is 49.5 Å². The maximum absolute atomic E-state index is 13.7. The summed E-state index contributed by atoms with van der Waals surface area (Å²) in [5, 5.41) is 27.3. The lowest BCUT2D eigenvalue weighted by atomic mass is 9.86. The molecule has 2 atom stereocenters. The second kappa shape index (κ2) is 10.5. The molecular formula is C28H28ClN5O4S. The summed E-state index contributed by atoms with van der Waals surface area (Å²) in [6.07, 6.45) is 1.28. The fourth-order valence-electron chi connectivity index (χ4n) is 4.88. The van der Waals surface area contributed by atoms with Crippen molar-refractivity contribution in [3.63, 3.8) is 0 Å². The van der Waals surface area contributed by atoms with Gasteiger partial charge in [0.1, 0.15) is 17.5 Å². The Labute approximate surface area is 232 Å². The fraction of sp³-hybridized carbons (Fsp3) is 0.286. The molecule has 0 fully saturated rings. The van der Waals surface area contributed by atoms with Crippen LogP contribution in [-0.4, -0.2) is 42.0 Å². The SMILES string of the molecule is CC1(C)Oc2ccc(S(=O)(=O)N3CCc4ccccc4C3)cc2C(NC(=NC#N)Nc2ccc(Cl)cc2)C1O. The number of nitrogens with zero attached hydrogens (tertiary/aromatic N) is 3. The molecule has 2 aliphatic heterocycles. The Bertz CT molecular complexity index is 1570. The molecule has 3 N–H and O–H groups in total. The first-order chi connectivity index (χ1) is 18.6. The van der Waals surface area contributed by atoms with Crippen LogP contribution in [0.3, 0.4) is 0 Å². The highest BCUT2D eigenvalue weighted by Gasteiger charge is 2.44. The van der Waals surface area contributed by atoms with Gasteiger partial charge in [-0.15, -0.1) is 4.99 Å². The average molecular weight is 566 g/mol. The van der Waals surface area contributed by atoms with E-state index in [2.05, 4.69) is 15.6 Å². The lowest BCUT2D eigenvalue weighted by molar-refractivity contribution is -0.0611. The number of hydrogen-bond acceptors (Lipinski definition) is 6. The second-order valence-corrected chi connectivity index (χ2v) is 12.4. The van der Waals surface area contributed by atoms with Crippen LogP contribution in [0.5, 0.6) is 5.75 Å². The number of nitrogens with one attached hydrogen (secondary N) is 2. The van der Waals surface area contributed by atoms with Gasteiger partial charge in [-0.1, -0.05) is 35.9 Å². The molecule has 2 aliphatic rings. The van der Waals surface area contributed by atoms with Crippen LogP contribution in [0.2, 0.25) is 5.02 Å². The summed E-state index contributed by atoms with van der Waals surface area (Å²) in [5.41, 5.74) is 2.16. The van der Waals surface area contributed by atoms with Gasteiger partial charge >= 0.3 is 0 Å². The Morgan fingerprint density at radius 1 is 1.15 bits per heavy atom. The van der Waals surface area contributed by atoms with Gasteiger partial charge in [0.2, 0.25) is 22.2 Å². The quantitative estimate of drug-likeness (QED) is 0.246. The number of aliphatic imine (C=N–C) groups is 1. The number of rotatable bonds is 4. The Balaban J connectivity index is 1.48. The first-order valence-corrected chi connectivity index (χ1v) is 14.2. The number of fused-ring (bicyclic) bond motifs is 2. The number of benzene rings is 3. The average Bonchev–Trinajstić information content (AvgIpc) is 2.92. The molecular weight excluding hydrogens is 538 g/mol. The van der Waals surface area contributed by atoms with E-state index in [0.29, 0.717) is 35.0 Å². The Morgan fingerprint density at radius 3 is 2.59 bits per heavy atom. The molecule has 39 heavy (non-hydrogen) atoms. The first-order valence-electron chi connectivity index (χ1n) is 12.4. The molecule has 9 nitrogen and oxygen atoms in total. The number of guanidine groups is 1. The smallest absolute Gasteiger partial charge is 0.243 e. The number of nitriles is 1. The third-order valence-electron chi connectivity index (χ3n) is 7.01. The second-order valence-electron chi connectivity index (χ2n) is 10.0. The van der Waals surface area contributed by atoms with Crippen molar-refractivity contribution in [1.29, 1.82) is 5.26 Å². The van der Waals surface area contributed by atoms with Gasteiger partial charge in [0.25, 0.3) is 0 Å². The van der Waals surface area contributed by atoms with Gasteiger partial charge in [0, 0.05) is 29.4 Å². The van der Waals surface area contributed by atoms with Crippen LogP contribution >= 0.6 is 11.6 Å². The standard InChI is InChI=1S/C28H28ClN5O4S/c1-28(2)26(35)25(33-27(31-17-30)32-21-9-7-20(29)8-10-21)23-15-22(11-12-24(23)38-28)39(36,37)34-14-13-18-5-3-4-6-19(18)16-34/h3-12,15,25-26,35H,13-14,16H2,1-2H3,(H2,31,32,33). The number of anilines is 1. The molecule has 2 unspecified atom stereocenters. The molecule has 0 radical (unpaired) electrons. The van der Waals surface area contributed by atoms with E-state index >= 15 is 0 Å². The predicted octanol–water partition coefficient (Wildman–Crippen LogP) is 4.20. The number of sulfonamides is 1. The lowest BCUT2D eigenvalue weighted by Gasteiger charge is -2.42. The van der Waals surface area contributed by atoms with Gasteiger partial charge in [-0.25, -0.2) is 8.42 Å². The van der Waals surface area contributed by atoms with E-state index in [-0.39, 0.29) is 17.4 Å². The van der Waals surface area contributed by atoms with Crippen LogP contribution in [0.15, 0.2) is 76.6 Å². The topological polar surface area (TPSA) is 127 Å². The number of aliphatic hydroxyl groups is 1. The van der Waals surface area contributed by atoms with Gasteiger partial charge in [0.05, 0.1) is 10.9 Å². The molecule has 202 valence electrons. The Kier molecular flexibility index (Phi) is 7.27. The van der Waals surface area contributed by atoms with E-state index in [1.165, 1.54) is 16.4 Å². The molecule has 11 heteroatoms. The van der Waals surface area contributed by atoms with E-state index in [0.717, 1.165) is 11.1 Å². The monoisotopic (exact) mass is 565 g/mol. The molecule has 0 aliphatic carbocycles. The number of halogens is 1. The van der Waals surface area contributed by atoms with Gasteiger partial charge in [0.15, 0.2) is 0 Å². The summed E-state index contributed by atoms with van der Waals surface area (Å²) in [6, 6.07) is 18.5. The molecule has 2 heterocycles. The van der Waals surface area contributed by atoms with Crippen molar-refractivity contribution in [1.82, 2.24) is 9.62 Å². The van der Waals surface area contributed by atoms with Crippen molar-refractivity contribution in [2.75, 3.05) is 11.9 Å². The highest BCUT2D eigenvalue weighted by Crippen LogP contribution is 2.41. The number of aliphatic hydroxyl groups excluding tert-OH is 1. The van der Waals surface area contributed by atoms with E-state index < -0.39 is 27.8 Å². The Morgan fingerprint density at radius 2 is 1.87 bits per heavy atom. The summed E-state index contributed by atoms with van der Waals surface area (Å²) in [7, 11) is -3.84. The number of ether oxygens (including phenoxy) is 1. The summed E-state index contributed by atoms with van der Waals surface area (Å²) in [4.78, 5) is 3.94. The van der Waals surface area contributed by atoms with Gasteiger partial charge < -0.3 is 20.5 Å². The zero-order chi connectivity index (χ0) is 27.8. The molecule has 0 bridgehead atoms. The predicted molar refractivity (Wildman–Crippen MR) is 149 cm³/mol. The molecule has 0 saturated carbocycles. The maximum atomic E-state index is 13.7. The van der Waals surface area contributed by atoms with Crippen LogP contribution in [0, 0.1) is 11.5 Å². The minimum Gasteiger partial charge on any atom is -0.485 e. The highest BCUT2D eigenvalue weighted by atomic mass is 35.5. The van der Waals surface area contributed by atoms with Crippen molar-refractivity contribution < 1.29 is 18.3 Å². The van der Waals surface area contributed by atoms with Crippen molar-refractivity contribution >= 4 is 33.3 Å². The summed E-state index contributed by atoms with van der Waals surface area (Å²) >= 11 is 5.98. The van der Waals surface area contributed by atoms with Crippen LogP contribution in [-0.2, 0) is 23.0 Å². The fourth-order valence-corrected chi connectivity index (χ4v) is 6.46. The summed E-state index contributed by atoms with van der Waals surface area (Å²) < 4.78 is 34.9. The van der Waals surface area contributed by atoms with Crippen molar-refractivity contribution in [3.05, 3.63) is 88.4 Å². The zero-order valence-electron chi connectivity index (χ0n) is 21.4. The van der Waals surface area contributed by atoms with Gasteiger partial charge in [-0.2, -0.15) is 9.57 Å². The third-order valence-corrected chi connectivity index (χ3v) is 9.10. The molecule has 3 aromatic rings. The van der Waals surface area contributed by atoms with Crippen LogP contribution in [0.1, 0.15) is 36.6 Å². The van der Waals surface area contributed by atoms with E-state index in [9.17, 15) is 18.8 Å². The zero-order valence-corrected chi connectivity index (χ0v) is 23.0. The number of hydrogen-bond donors (Lipinski definition) is 3. The molecule has 5 rings (SSSR count). The minimum absolute atomic E-state index is 0.0772. The minimum atomic E-state index is -3.84. The lowest BCUT2D eigenvalue weighted by Crippen LogP contribution is -2.54. The molecule has 0 amide bonds. The van der Waals surface area contributed by atoms with Gasteiger partial charge in [-0.3, -0.25) is 0 Å². The molecule has 0 saturated heterocycles. The molecule has 3 aromatic carbocycles. The largest absolute Gasteiger partial charge is 0.485 e. The normalized spacial score (nSPS) is 20.6. The summed E-state index contributed by atoms with van der Waals surface area (Å²) in [6.45, 7) is 4.12.